The first-order chi connectivity index (χ1) is 12.0. The van der Waals surface area contributed by atoms with Gasteiger partial charge in [0.1, 0.15) is 17.3 Å². The Kier molecular flexibility index (Phi) is 6.05. The van der Waals surface area contributed by atoms with Crippen molar-refractivity contribution < 1.29 is 23.5 Å². The van der Waals surface area contributed by atoms with E-state index in [1.54, 1.807) is 18.2 Å². The van der Waals surface area contributed by atoms with Crippen molar-refractivity contribution in [3.05, 3.63) is 53.8 Å². The van der Waals surface area contributed by atoms with Gasteiger partial charge in [0.2, 0.25) is 0 Å². The van der Waals surface area contributed by atoms with E-state index in [0.717, 1.165) is 0 Å². The molecule has 0 bridgehead atoms. The summed E-state index contributed by atoms with van der Waals surface area (Å²) >= 11 is 0. The molecule has 8 heteroatoms. The second kappa shape index (κ2) is 8.44. The second-order valence-electron chi connectivity index (χ2n) is 4.77. The number of ether oxygens (including phenoxy) is 2. The summed E-state index contributed by atoms with van der Waals surface area (Å²) in [4.78, 5) is 23.4. The Labute approximate surface area is 143 Å². The summed E-state index contributed by atoms with van der Waals surface area (Å²) in [5.41, 5.74) is 2.98. The number of halogens is 1. The third kappa shape index (κ3) is 5.03. The second-order valence-corrected chi connectivity index (χ2v) is 4.77. The molecule has 0 atom stereocenters. The van der Waals surface area contributed by atoms with Crippen LogP contribution in [0.4, 0.5) is 10.1 Å². The Morgan fingerprint density at radius 1 is 1.04 bits per heavy atom. The minimum Gasteiger partial charge on any atom is -0.497 e. The molecule has 7 nitrogen and oxygen atoms in total. The molecule has 0 aliphatic carbocycles. The quantitative estimate of drug-likeness (QED) is 0.492. The van der Waals surface area contributed by atoms with E-state index >= 15 is 0 Å². The number of nitrogens with zero attached hydrogens (tertiary/aromatic N) is 1. The Bertz CT molecular complexity index is 791. The van der Waals surface area contributed by atoms with Crippen molar-refractivity contribution in [1.29, 1.82) is 0 Å². The van der Waals surface area contributed by atoms with E-state index in [4.69, 9.17) is 9.47 Å². The maximum Gasteiger partial charge on any atom is 0.329 e. The van der Waals surface area contributed by atoms with Crippen LogP contribution in [0.5, 0.6) is 11.5 Å². The van der Waals surface area contributed by atoms with E-state index in [1.807, 2.05) is 0 Å². The first kappa shape index (κ1) is 17.9. The molecular weight excluding hydrogens is 329 g/mol. The molecule has 0 saturated carbocycles. The van der Waals surface area contributed by atoms with Gasteiger partial charge in [0.25, 0.3) is 0 Å². The predicted octanol–water partition coefficient (Wildman–Crippen LogP) is 1.93. The SMILES string of the molecule is COc1ccc(C=NNC(=O)C(=O)Nc2ccc(F)cc2)c(OC)c1. The molecule has 0 saturated heterocycles. The molecule has 2 rings (SSSR count). The zero-order chi connectivity index (χ0) is 18.2. The molecule has 0 aromatic heterocycles. The summed E-state index contributed by atoms with van der Waals surface area (Å²) in [7, 11) is 3.02. The fourth-order valence-corrected chi connectivity index (χ4v) is 1.86. The number of hydrazone groups is 1. The lowest BCUT2D eigenvalue weighted by atomic mass is 10.2. The Morgan fingerprint density at radius 2 is 1.76 bits per heavy atom. The number of benzene rings is 2. The van der Waals surface area contributed by atoms with Crippen LogP contribution in [0.3, 0.4) is 0 Å². The van der Waals surface area contributed by atoms with E-state index in [9.17, 15) is 14.0 Å². The molecule has 2 amide bonds. The van der Waals surface area contributed by atoms with Gasteiger partial charge in [-0.05, 0) is 36.4 Å². The number of anilines is 1. The summed E-state index contributed by atoms with van der Waals surface area (Å²) in [6, 6.07) is 10.1. The van der Waals surface area contributed by atoms with Crippen LogP contribution in [-0.4, -0.2) is 32.2 Å². The molecule has 0 aliphatic heterocycles. The molecule has 2 N–H and O–H groups in total. The van der Waals surface area contributed by atoms with Gasteiger partial charge in [0.05, 0.1) is 20.4 Å². The summed E-state index contributed by atoms with van der Waals surface area (Å²) in [5, 5.41) is 6.04. The van der Waals surface area contributed by atoms with Crippen LogP contribution in [-0.2, 0) is 9.59 Å². The van der Waals surface area contributed by atoms with Crippen molar-refractivity contribution in [2.45, 2.75) is 0 Å². The fourth-order valence-electron chi connectivity index (χ4n) is 1.86. The maximum absolute atomic E-state index is 12.8. The molecule has 0 spiro atoms. The number of amides is 2. The maximum atomic E-state index is 12.8. The summed E-state index contributed by atoms with van der Waals surface area (Å²) < 4.78 is 23.1. The highest BCUT2D eigenvalue weighted by Crippen LogP contribution is 2.22. The minimum absolute atomic E-state index is 0.294. The van der Waals surface area contributed by atoms with Crippen molar-refractivity contribution in [2.75, 3.05) is 19.5 Å². The lowest BCUT2D eigenvalue weighted by Gasteiger charge is -2.07. The molecule has 0 fully saturated rings. The third-order valence-corrected chi connectivity index (χ3v) is 3.12. The minimum atomic E-state index is -0.965. The number of carbonyl (C=O) groups is 2. The van der Waals surface area contributed by atoms with Crippen LogP contribution < -0.4 is 20.2 Å². The molecular formula is C17H16FN3O4. The standard InChI is InChI=1S/C17H16FN3O4/c1-24-14-8-3-11(15(9-14)25-2)10-19-21-17(23)16(22)20-13-6-4-12(18)5-7-13/h3-10H,1-2H3,(H,20,22)(H,21,23). The average molecular weight is 345 g/mol. The number of hydrogen-bond acceptors (Lipinski definition) is 5. The summed E-state index contributed by atoms with van der Waals surface area (Å²) in [6.45, 7) is 0. The highest BCUT2D eigenvalue weighted by Gasteiger charge is 2.13. The number of nitrogens with one attached hydrogen (secondary N) is 2. The van der Waals surface area contributed by atoms with Gasteiger partial charge >= 0.3 is 11.8 Å². The van der Waals surface area contributed by atoms with Gasteiger partial charge in [-0.2, -0.15) is 5.10 Å². The Morgan fingerprint density at radius 3 is 2.40 bits per heavy atom. The van der Waals surface area contributed by atoms with Gasteiger partial charge in [-0.25, -0.2) is 9.82 Å². The highest BCUT2D eigenvalue weighted by atomic mass is 19.1. The van der Waals surface area contributed by atoms with Gasteiger partial charge in [-0.1, -0.05) is 0 Å². The highest BCUT2D eigenvalue weighted by molar-refractivity contribution is 6.39. The molecule has 0 unspecified atom stereocenters. The fraction of sp³-hybridized carbons (Fsp3) is 0.118. The number of methoxy groups -OCH3 is 2. The molecule has 130 valence electrons. The van der Waals surface area contributed by atoms with E-state index in [0.29, 0.717) is 22.7 Å². The Hall–Kier alpha value is -3.42. The Balaban J connectivity index is 1.95. The summed E-state index contributed by atoms with van der Waals surface area (Å²) in [6.07, 6.45) is 1.33. The molecule has 0 heterocycles. The van der Waals surface area contributed by atoms with Gasteiger partial charge in [-0.15, -0.1) is 0 Å². The van der Waals surface area contributed by atoms with Crippen molar-refractivity contribution >= 4 is 23.7 Å². The third-order valence-electron chi connectivity index (χ3n) is 3.12. The first-order valence-electron chi connectivity index (χ1n) is 7.15. The average Bonchev–Trinajstić information content (AvgIpc) is 2.63. The molecule has 25 heavy (non-hydrogen) atoms. The van der Waals surface area contributed by atoms with Gasteiger partial charge in [0, 0.05) is 17.3 Å². The topological polar surface area (TPSA) is 89.0 Å². The van der Waals surface area contributed by atoms with Crippen molar-refractivity contribution in [1.82, 2.24) is 5.43 Å². The van der Waals surface area contributed by atoms with Crippen molar-refractivity contribution in [3.8, 4) is 11.5 Å². The zero-order valence-electron chi connectivity index (χ0n) is 13.6. The van der Waals surface area contributed by atoms with Crippen LogP contribution in [0.2, 0.25) is 0 Å². The molecule has 2 aromatic carbocycles. The van der Waals surface area contributed by atoms with Crippen molar-refractivity contribution in [3.63, 3.8) is 0 Å². The first-order valence-corrected chi connectivity index (χ1v) is 7.15. The molecule has 0 radical (unpaired) electrons. The van der Waals surface area contributed by atoms with Gasteiger partial charge in [-0.3, -0.25) is 9.59 Å². The molecule has 2 aromatic rings. The normalized spacial score (nSPS) is 10.4. The van der Waals surface area contributed by atoms with Gasteiger partial charge in [0.15, 0.2) is 0 Å². The van der Waals surface area contributed by atoms with E-state index in [1.165, 1.54) is 44.7 Å². The lowest BCUT2D eigenvalue weighted by molar-refractivity contribution is -0.136. The van der Waals surface area contributed by atoms with E-state index in [-0.39, 0.29) is 0 Å². The van der Waals surface area contributed by atoms with Crippen LogP contribution in [0.1, 0.15) is 5.56 Å². The van der Waals surface area contributed by atoms with E-state index < -0.39 is 17.6 Å². The number of hydrogen-bond donors (Lipinski definition) is 2. The predicted molar refractivity (Wildman–Crippen MR) is 90.3 cm³/mol. The van der Waals surface area contributed by atoms with Crippen LogP contribution in [0.15, 0.2) is 47.6 Å². The van der Waals surface area contributed by atoms with Crippen LogP contribution in [0.25, 0.3) is 0 Å². The van der Waals surface area contributed by atoms with Gasteiger partial charge < -0.3 is 14.8 Å². The number of rotatable bonds is 5. The smallest absolute Gasteiger partial charge is 0.329 e. The van der Waals surface area contributed by atoms with Crippen LogP contribution >= 0.6 is 0 Å². The molecule has 0 aliphatic rings. The summed E-state index contributed by atoms with van der Waals surface area (Å²) in [5.74, 6) is -1.23. The van der Waals surface area contributed by atoms with Crippen molar-refractivity contribution in [2.24, 2.45) is 5.10 Å². The zero-order valence-corrected chi connectivity index (χ0v) is 13.6. The largest absolute Gasteiger partial charge is 0.497 e. The number of carbonyl (C=O) groups excluding carboxylic acids is 2. The van der Waals surface area contributed by atoms with Crippen LogP contribution in [0, 0.1) is 5.82 Å². The van der Waals surface area contributed by atoms with E-state index in [2.05, 4.69) is 15.8 Å². The lowest BCUT2D eigenvalue weighted by Crippen LogP contribution is -2.32. The monoisotopic (exact) mass is 345 g/mol.